The van der Waals surface area contributed by atoms with E-state index < -0.39 is 0 Å². The topological polar surface area (TPSA) is 50.8 Å². The summed E-state index contributed by atoms with van der Waals surface area (Å²) in [5, 5.41) is 3.00. The van der Waals surface area contributed by atoms with Gasteiger partial charge in [-0.15, -0.1) is 0 Å². The highest BCUT2D eigenvalue weighted by Crippen LogP contribution is 2.21. The standard InChI is InChI=1S/C22H28N2O3/c1-17-3-7-21(8-4-17)27-14-12-19-11-13-24(16-19)22(25)23-15-18-5-9-20(26-2)10-6-18/h3-10,19H,11-16H2,1-2H3,(H,23,25)/t19-/m1/s1. The first-order chi connectivity index (χ1) is 13.1. The number of methoxy groups -OCH3 is 1. The van der Waals surface area contributed by atoms with Crippen molar-refractivity contribution < 1.29 is 14.3 Å². The van der Waals surface area contributed by atoms with E-state index in [0.29, 0.717) is 19.1 Å². The van der Waals surface area contributed by atoms with E-state index in [1.165, 1.54) is 5.56 Å². The Bertz CT molecular complexity index is 728. The Labute approximate surface area is 161 Å². The summed E-state index contributed by atoms with van der Waals surface area (Å²) < 4.78 is 11.0. The minimum absolute atomic E-state index is 0.00720. The van der Waals surface area contributed by atoms with Crippen LogP contribution in [0.2, 0.25) is 0 Å². The smallest absolute Gasteiger partial charge is 0.317 e. The molecule has 0 bridgehead atoms. The van der Waals surface area contributed by atoms with Crippen molar-refractivity contribution in [2.24, 2.45) is 5.92 Å². The highest BCUT2D eigenvalue weighted by Gasteiger charge is 2.25. The molecule has 1 fully saturated rings. The molecule has 2 aromatic carbocycles. The van der Waals surface area contributed by atoms with Crippen LogP contribution in [0.25, 0.3) is 0 Å². The van der Waals surface area contributed by atoms with Crippen molar-refractivity contribution in [1.82, 2.24) is 10.2 Å². The monoisotopic (exact) mass is 368 g/mol. The predicted molar refractivity (Wildman–Crippen MR) is 106 cm³/mol. The SMILES string of the molecule is COc1ccc(CNC(=O)N2CC[C@H](CCOc3ccc(C)cc3)C2)cc1. The first-order valence-corrected chi connectivity index (χ1v) is 9.49. The van der Waals surface area contributed by atoms with Gasteiger partial charge < -0.3 is 19.7 Å². The summed E-state index contributed by atoms with van der Waals surface area (Å²) >= 11 is 0. The molecule has 3 rings (SSSR count). The molecule has 1 N–H and O–H groups in total. The van der Waals surface area contributed by atoms with E-state index in [9.17, 15) is 4.79 Å². The van der Waals surface area contributed by atoms with Gasteiger partial charge in [0.05, 0.1) is 13.7 Å². The first kappa shape index (κ1) is 19.1. The molecule has 1 aliphatic rings. The van der Waals surface area contributed by atoms with Crippen LogP contribution in [-0.4, -0.2) is 37.7 Å². The van der Waals surface area contributed by atoms with Gasteiger partial charge in [-0.2, -0.15) is 0 Å². The number of ether oxygens (including phenoxy) is 2. The van der Waals surface area contributed by atoms with Crippen LogP contribution in [0.15, 0.2) is 48.5 Å². The zero-order chi connectivity index (χ0) is 19.1. The number of carbonyl (C=O) groups is 1. The van der Waals surface area contributed by atoms with Gasteiger partial charge in [0.1, 0.15) is 11.5 Å². The fourth-order valence-corrected chi connectivity index (χ4v) is 3.26. The largest absolute Gasteiger partial charge is 0.497 e. The van der Waals surface area contributed by atoms with Crippen molar-refractivity contribution in [3.05, 3.63) is 59.7 Å². The van der Waals surface area contributed by atoms with E-state index in [0.717, 1.165) is 43.0 Å². The molecule has 0 saturated carbocycles. The fraction of sp³-hybridized carbons (Fsp3) is 0.409. The molecule has 0 spiro atoms. The first-order valence-electron chi connectivity index (χ1n) is 9.49. The summed E-state index contributed by atoms with van der Waals surface area (Å²) in [5.41, 5.74) is 2.29. The van der Waals surface area contributed by atoms with E-state index in [2.05, 4.69) is 24.4 Å². The maximum atomic E-state index is 12.4. The van der Waals surface area contributed by atoms with Gasteiger partial charge in [0.2, 0.25) is 0 Å². The number of rotatable bonds is 7. The van der Waals surface area contributed by atoms with Crippen LogP contribution in [0, 0.1) is 12.8 Å². The molecule has 2 aromatic rings. The Hall–Kier alpha value is -2.69. The van der Waals surface area contributed by atoms with Crippen molar-refractivity contribution in [3.8, 4) is 11.5 Å². The number of nitrogens with zero attached hydrogens (tertiary/aromatic N) is 1. The summed E-state index contributed by atoms with van der Waals surface area (Å²) in [7, 11) is 1.65. The normalized spacial score (nSPS) is 16.2. The number of aryl methyl sites for hydroxylation is 1. The molecular weight excluding hydrogens is 340 g/mol. The second kappa shape index (κ2) is 9.31. The summed E-state index contributed by atoms with van der Waals surface area (Å²) in [6.07, 6.45) is 2.00. The molecule has 0 aliphatic carbocycles. The number of amides is 2. The lowest BCUT2D eigenvalue weighted by atomic mass is 10.1. The van der Waals surface area contributed by atoms with E-state index in [1.807, 2.05) is 41.3 Å². The number of likely N-dealkylation sites (tertiary alicyclic amines) is 1. The van der Waals surface area contributed by atoms with E-state index in [1.54, 1.807) is 7.11 Å². The van der Waals surface area contributed by atoms with Crippen LogP contribution in [-0.2, 0) is 6.54 Å². The lowest BCUT2D eigenvalue weighted by molar-refractivity contribution is 0.204. The van der Waals surface area contributed by atoms with Gasteiger partial charge in [0.15, 0.2) is 0 Å². The molecule has 1 atom stereocenters. The van der Waals surface area contributed by atoms with Gasteiger partial charge in [-0.3, -0.25) is 0 Å². The molecule has 1 saturated heterocycles. The third-order valence-electron chi connectivity index (χ3n) is 4.99. The number of urea groups is 1. The second-order valence-electron chi connectivity index (χ2n) is 7.06. The maximum absolute atomic E-state index is 12.4. The third kappa shape index (κ3) is 5.64. The predicted octanol–water partition coefficient (Wildman–Crippen LogP) is 4.00. The van der Waals surface area contributed by atoms with Crippen molar-refractivity contribution >= 4 is 6.03 Å². The quantitative estimate of drug-likeness (QED) is 0.803. The summed E-state index contributed by atoms with van der Waals surface area (Å²) in [4.78, 5) is 14.3. The number of carbonyl (C=O) groups excluding carboxylic acids is 1. The number of nitrogens with one attached hydrogen (secondary N) is 1. The summed E-state index contributed by atoms with van der Waals surface area (Å²) in [5.74, 6) is 2.23. The lowest BCUT2D eigenvalue weighted by Crippen LogP contribution is -2.38. The van der Waals surface area contributed by atoms with Crippen LogP contribution in [0.4, 0.5) is 4.79 Å². The van der Waals surface area contributed by atoms with Crippen molar-refractivity contribution in [1.29, 1.82) is 0 Å². The maximum Gasteiger partial charge on any atom is 0.317 e. The number of hydrogen-bond donors (Lipinski definition) is 1. The molecule has 27 heavy (non-hydrogen) atoms. The zero-order valence-electron chi connectivity index (χ0n) is 16.1. The highest BCUT2D eigenvalue weighted by atomic mass is 16.5. The molecular formula is C22H28N2O3. The van der Waals surface area contributed by atoms with Gasteiger partial charge in [0.25, 0.3) is 0 Å². The van der Waals surface area contributed by atoms with E-state index in [4.69, 9.17) is 9.47 Å². The average Bonchev–Trinajstić information content (AvgIpc) is 3.17. The molecule has 0 radical (unpaired) electrons. The molecule has 5 heteroatoms. The third-order valence-corrected chi connectivity index (χ3v) is 4.99. The molecule has 5 nitrogen and oxygen atoms in total. The second-order valence-corrected chi connectivity index (χ2v) is 7.06. The Morgan fingerprint density at radius 2 is 1.81 bits per heavy atom. The highest BCUT2D eigenvalue weighted by molar-refractivity contribution is 5.74. The molecule has 0 unspecified atom stereocenters. The van der Waals surface area contributed by atoms with Gasteiger partial charge in [0, 0.05) is 19.6 Å². The van der Waals surface area contributed by atoms with Gasteiger partial charge in [-0.25, -0.2) is 4.79 Å². The number of hydrogen-bond acceptors (Lipinski definition) is 3. The van der Waals surface area contributed by atoms with Crippen molar-refractivity contribution in [2.75, 3.05) is 26.8 Å². The summed E-state index contributed by atoms with van der Waals surface area (Å²) in [6, 6.07) is 15.9. The van der Waals surface area contributed by atoms with Gasteiger partial charge >= 0.3 is 6.03 Å². The van der Waals surface area contributed by atoms with Crippen LogP contribution in [0.1, 0.15) is 24.0 Å². The molecule has 0 aromatic heterocycles. The van der Waals surface area contributed by atoms with Crippen molar-refractivity contribution in [2.45, 2.75) is 26.3 Å². The molecule has 1 heterocycles. The zero-order valence-corrected chi connectivity index (χ0v) is 16.1. The van der Waals surface area contributed by atoms with Crippen molar-refractivity contribution in [3.63, 3.8) is 0 Å². The average molecular weight is 368 g/mol. The Kier molecular flexibility index (Phi) is 6.58. The molecule has 2 amide bonds. The minimum atomic E-state index is 0.00720. The minimum Gasteiger partial charge on any atom is -0.497 e. The van der Waals surface area contributed by atoms with Crippen LogP contribution in [0.3, 0.4) is 0 Å². The van der Waals surface area contributed by atoms with E-state index >= 15 is 0 Å². The van der Waals surface area contributed by atoms with Crippen LogP contribution < -0.4 is 14.8 Å². The van der Waals surface area contributed by atoms with Gasteiger partial charge in [-0.1, -0.05) is 29.8 Å². The van der Waals surface area contributed by atoms with Crippen LogP contribution in [0.5, 0.6) is 11.5 Å². The van der Waals surface area contributed by atoms with Gasteiger partial charge in [-0.05, 0) is 55.5 Å². The lowest BCUT2D eigenvalue weighted by Gasteiger charge is -2.17. The summed E-state index contributed by atoms with van der Waals surface area (Å²) in [6.45, 7) is 4.89. The Morgan fingerprint density at radius 1 is 1.11 bits per heavy atom. The molecule has 144 valence electrons. The fourth-order valence-electron chi connectivity index (χ4n) is 3.26. The van der Waals surface area contributed by atoms with E-state index in [-0.39, 0.29) is 6.03 Å². The Morgan fingerprint density at radius 3 is 2.52 bits per heavy atom. The van der Waals surface area contributed by atoms with Crippen LogP contribution >= 0.6 is 0 Å². The Balaban J connectivity index is 1.36. The molecule has 1 aliphatic heterocycles. The number of benzene rings is 2.